The van der Waals surface area contributed by atoms with Crippen LogP contribution in [0.3, 0.4) is 0 Å². The van der Waals surface area contributed by atoms with Crippen LogP contribution >= 0.6 is 0 Å². The summed E-state index contributed by atoms with van der Waals surface area (Å²) in [5, 5.41) is 9.93. The molecule has 5 aliphatic carbocycles. The Kier molecular flexibility index (Phi) is 8.20. The highest BCUT2D eigenvalue weighted by atomic mass is 16.5. The molecule has 5 saturated carbocycles. The number of esters is 2. The van der Waals surface area contributed by atoms with Gasteiger partial charge in [-0.25, -0.2) is 0 Å². The van der Waals surface area contributed by atoms with Crippen molar-refractivity contribution in [2.45, 2.75) is 145 Å². The molecule has 0 bridgehead atoms. The molecule has 0 aromatic rings. The first-order chi connectivity index (χ1) is 19.9. The maximum absolute atomic E-state index is 13.2. The van der Waals surface area contributed by atoms with E-state index < -0.39 is 11.4 Å². The second-order valence-electron chi connectivity index (χ2n) is 18.1. The summed E-state index contributed by atoms with van der Waals surface area (Å²) in [7, 11) is 1.39. The molecule has 0 aliphatic heterocycles. The average Bonchev–Trinajstić information content (AvgIpc) is 3.21. The van der Waals surface area contributed by atoms with Crippen molar-refractivity contribution < 1.29 is 29.0 Å². The number of carboxylic acids is 1. The van der Waals surface area contributed by atoms with Crippen LogP contribution < -0.4 is 0 Å². The molecule has 0 radical (unpaired) electrons. The predicted molar refractivity (Wildman–Crippen MR) is 167 cm³/mol. The Balaban J connectivity index is 1.36. The number of rotatable bonds is 7. The normalized spacial score (nSPS) is 45.1. The van der Waals surface area contributed by atoms with Gasteiger partial charge in [-0.15, -0.1) is 0 Å². The minimum Gasteiger partial charge on any atom is -0.481 e. The molecule has 0 saturated heterocycles. The van der Waals surface area contributed by atoms with Gasteiger partial charge in [0.15, 0.2) is 0 Å². The number of fused-ring (bicyclic) bond motifs is 7. The number of methoxy groups -OCH3 is 1. The van der Waals surface area contributed by atoms with Crippen LogP contribution in [0.4, 0.5) is 0 Å². The molecule has 0 aromatic carbocycles. The van der Waals surface area contributed by atoms with Crippen LogP contribution in [-0.2, 0) is 23.9 Å². The van der Waals surface area contributed by atoms with Crippen molar-refractivity contribution in [2.75, 3.05) is 7.11 Å². The second kappa shape index (κ2) is 10.7. The first-order valence-electron chi connectivity index (χ1n) is 17.3. The van der Waals surface area contributed by atoms with Gasteiger partial charge in [-0.05, 0) is 121 Å². The SMILES string of the molecule is COC(=O)CC(C)(C)CC(=O)O[C@H]1CC[C@@]2(C)C(CC[C@]3(C)C2CCC2C4C(C)CC[C@]4(CC(=O)O)CC[C@]23C)C1(C)C. The second-order valence-corrected chi connectivity index (χ2v) is 18.1. The summed E-state index contributed by atoms with van der Waals surface area (Å²) in [6.45, 7) is 18.7. The third-order valence-corrected chi connectivity index (χ3v) is 15.1. The van der Waals surface area contributed by atoms with Gasteiger partial charge in [0, 0.05) is 5.41 Å². The molecule has 0 amide bonds. The van der Waals surface area contributed by atoms with Gasteiger partial charge >= 0.3 is 17.9 Å². The molecule has 6 nitrogen and oxygen atoms in total. The van der Waals surface area contributed by atoms with Gasteiger partial charge in [0.05, 0.1) is 26.4 Å². The van der Waals surface area contributed by atoms with Gasteiger partial charge in [-0.3, -0.25) is 14.4 Å². The van der Waals surface area contributed by atoms with Crippen LogP contribution in [0.2, 0.25) is 0 Å². The number of ether oxygens (including phenoxy) is 2. The van der Waals surface area contributed by atoms with E-state index >= 15 is 0 Å². The lowest BCUT2D eigenvalue weighted by molar-refractivity contribution is -0.251. The van der Waals surface area contributed by atoms with Gasteiger partial charge in [0.1, 0.15) is 6.10 Å². The Hall–Kier alpha value is -1.59. The summed E-state index contributed by atoms with van der Waals surface area (Å²) in [5.74, 6) is 1.74. The molecule has 244 valence electrons. The van der Waals surface area contributed by atoms with Crippen molar-refractivity contribution in [1.29, 1.82) is 0 Å². The molecule has 0 spiro atoms. The fourth-order valence-corrected chi connectivity index (χ4v) is 13.0. The van der Waals surface area contributed by atoms with E-state index in [4.69, 9.17) is 9.47 Å². The number of carbonyl (C=O) groups is 3. The molecule has 43 heavy (non-hydrogen) atoms. The predicted octanol–water partition coefficient (Wildman–Crippen LogP) is 8.45. The Morgan fingerprint density at radius 3 is 2.12 bits per heavy atom. The standard InChI is InChI=1S/C37H60O6/c1-23-12-17-37(20-28(38)39)19-18-35(7)24(31(23)37)10-11-26-34(6)15-14-27(33(4,5)25(34)13-16-36(26,35)8)43-30(41)22-32(2,3)21-29(40)42-9/h23-27,31H,10-22H2,1-9H3,(H,38,39)/t23?,24?,25?,26?,27-,31?,34-,35+,36+,37+/m0/s1. The molecular weight excluding hydrogens is 540 g/mol. The maximum atomic E-state index is 13.2. The van der Waals surface area contributed by atoms with Gasteiger partial charge in [0.25, 0.3) is 0 Å². The number of carbonyl (C=O) groups excluding carboxylic acids is 2. The van der Waals surface area contributed by atoms with E-state index in [1.807, 2.05) is 13.8 Å². The van der Waals surface area contributed by atoms with Crippen LogP contribution in [0.25, 0.3) is 0 Å². The van der Waals surface area contributed by atoms with Crippen molar-refractivity contribution >= 4 is 17.9 Å². The van der Waals surface area contributed by atoms with Crippen molar-refractivity contribution in [2.24, 2.45) is 62.1 Å². The Bertz CT molecular complexity index is 1130. The van der Waals surface area contributed by atoms with E-state index in [0.717, 1.165) is 38.5 Å². The van der Waals surface area contributed by atoms with Crippen LogP contribution in [0, 0.1) is 62.1 Å². The van der Waals surface area contributed by atoms with E-state index in [1.165, 1.54) is 32.8 Å². The molecule has 1 N–H and O–H groups in total. The minimum absolute atomic E-state index is 0.00489. The molecule has 5 fully saturated rings. The highest BCUT2D eigenvalue weighted by Gasteiger charge is 2.70. The lowest BCUT2D eigenvalue weighted by Crippen LogP contribution is -2.66. The third-order valence-electron chi connectivity index (χ3n) is 15.1. The quantitative estimate of drug-likeness (QED) is 0.295. The Morgan fingerprint density at radius 1 is 0.791 bits per heavy atom. The van der Waals surface area contributed by atoms with E-state index in [0.29, 0.717) is 36.0 Å². The zero-order chi connectivity index (χ0) is 31.8. The smallest absolute Gasteiger partial charge is 0.306 e. The summed E-state index contributed by atoms with van der Waals surface area (Å²) in [6, 6.07) is 0. The lowest BCUT2D eigenvalue weighted by Gasteiger charge is -2.73. The third kappa shape index (κ3) is 5.07. The first-order valence-corrected chi connectivity index (χ1v) is 17.3. The van der Waals surface area contributed by atoms with E-state index in [2.05, 4.69) is 41.5 Å². The molecular formula is C37H60O6. The topological polar surface area (TPSA) is 89.9 Å². The summed E-state index contributed by atoms with van der Waals surface area (Å²) in [6.07, 6.45) is 11.9. The number of aliphatic carboxylic acids is 1. The fourth-order valence-electron chi connectivity index (χ4n) is 13.0. The molecule has 5 rings (SSSR count). The fraction of sp³-hybridized carbons (Fsp3) is 0.919. The Morgan fingerprint density at radius 2 is 1.47 bits per heavy atom. The zero-order valence-corrected chi connectivity index (χ0v) is 28.6. The lowest BCUT2D eigenvalue weighted by atomic mass is 9.32. The molecule has 0 aromatic heterocycles. The largest absolute Gasteiger partial charge is 0.481 e. The highest BCUT2D eigenvalue weighted by molar-refractivity contribution is 5.74. The molecule has 5 aliphatic rings. The van der Waals surface area contributed by atoms with E-state index in [-0.39, 0.29) is 58.0 Å². The van der Waals surface area contributed by atoms with Gasteiger partial charge in [0.2, 0.25) is 0 Å². The van der Waals surface area contributed by atoms with Gasteiger partial charge < -0.3 is 14.6 Å². The number of hydrogen-bond acceptors (Lipinski definition) is 5. The van der Waals surface area contributed by atoms with Crippen molar-refractivity contribution in [3.63, 3.8) is 0 Å². The average molecular weight is 601 g/mol. The molecule has 10 atom stereocenters. The first kappa shape index (κ1) is 32.8. The summed E-state index contributed by atoms with van der Waals surface area (Å²) in [5.41, 5.74) is 0.0161. The Labute approximate surface area is 260 Å². The van der Waals surface area contributed by atoms with Crippen LogP contribution in [0.15, 0.2) is 0 Å². The van der Waals surface area contributed by atoms with Crippen molar-refractivity contribution in [1.82, 2.24) is 0 Å². The van der Waals surface area contributed by atoms with E-state index in [1.54, 1.807) is 0 Å². The van der Waals surface area contributed by atoms with Crippen LogP contribution in [0.5, 0.6) is 0 Å². The zero-order valence-electron chi connectivity index (χ0n) is 28.6. The molecule has 0 heterocycles. The molecule has 5 unspecified atom stereocenters. The van der Waals surface area contributed by atoms with Gasteiger partial charge in [-0.2, -0.15) is 0 Å². The summed E-state index contributed by atoms with van der Waals surface area (Å²) < 4.78 is 11.1. The van der Waals surface area contributed by atoms with Crippen LogP contribution in [-0.4, -0.2) is 36.2 Å². The summed E-state index contributed by atoms with van der Waals surface area (Å²) >= 11 is 0. The van der Waals surface area contributed by atoms with Gasteiger partial charge in [-0.1, -0.05) is 55.4 Å². The minimum atomic E-state index is -0.609. The maximum Gasteiger partial charge on any atom is 0.306 e. The highest BCUT2D eigenvalue weighted by Crippen LogP contribution is 2.77. The number of hydrogen-bond donors (Lipinski definition) is 1. The monoisotopic (exact) mass is 600 g/mol. The van der Waals surface area contributed by atoms with Crippen molar-refractivity contribution in [3.8, 4) is 0 Å². The van der Waals surface area contributed by atoms with E-state index in [9.17, 15) is 19.5 Å². The van der Waals surface area contributed by atoms with Crippen LogP contribution in [0.1, 0.15) is 139 Å². The summed E-state index contributed by atoms with van der Waals surface area (Å²) in [4.78, 5) is 37.1. The number of carboxylic acid groups (broad SMARTS) is 1. The van der Waals surface area contributed by atoms with Crippen molar-refractivity contribution in [3.05, 3.63) is 0 Å². The molecule has 6 heteroatoms.